The highest BCUT2D eigenvalue weighted by Gasteiger charge is 2.14. The van der Waals surface area contributed by atoms with Gasteiger partial charge < -0.3 is 5.11 Å². The predicted molar refractivity (Wildman–Crippen MR) is 43.5 cm³/mol. The fourth-order valence-corrected chi connectivity index (χ4v) is 0.890. The van der Waals surface area contributed by atoms with Crippen LogP contribution in [0.5, 0.6) is 0 Å². The second kappa shape index (κ2) is 4.35. The van der Waals surface area contributed by atoms with Crippen LogP contribution in [0, 0.1) is 23.7 Å². The summed E-state index contributed by atoms with van der Waals surface area (Å²) in [7, 11) is 0. The molecule has 58 valence electrons. The first-order valence-electron chi connectivity index (χ1n) is 3.70. The molecule has 0 bridgehead atoms. The van der Waals surface area contributed by atoms with Crippen LogP contribution in [0.25, 0.3) is 0 Å². The first-order valence-corrected chi connectivity index (χ1v) is 3.70. The Kier molecular flexibility index (Phi) is 4.14. The highest BCUT2D eigenvalue weighted by Crippen LogP contribution is 2.10. The zero-order valence-electron chi connectivity index (χ0n) is 7.18. The van der Waals surface area contributed by atoms with Crippen LogP contribution < -0.4 is 0 Å². The maximum absolute atomic E-state index is 9.42. The van der Waals surface area contributed by atoms with Gasteiger partial charge in [0.05, 0.1) is 6.10 Å². The lowest BCUT2D eigenvalue weighted by Crippen LogP contribution is -2.22. The predicted octanol–water partition coefficient (Wildman–Crippen LogP) is 1.66. The van der Waals surface area contributed by atoms with Crippen molar-refractivity contribution in [3.05, 3.63) is 0 Å². The molecule has 1 N–H and O–H groups in total. The van der Waals surface area contributed by atoms with E-state index < -0.39 is 0 Å². The van der Waals surface area contributed by atoms with Gasteiger partial charge in [-0.25, -0.2) is 0 Å². The van der Waals surface area contributed by atoms with E-state index >= 15 is 0 Å². The Bertz CT molecular complexity index is 139. The third-order valence-electron chi connectivity index (χ3n) is 1.57. The van der Waals surface area contributed by atoms with Gasteiger partial charge in [-0.3, -0.25) is 0 Å². The molecule has 0 rings (SSSR count). The molecular formula is C9H16O. The third-order valence-corrected chi connectivity index (χ3v) is 1.57. The topological polar surface area (TPSA) is 20.2 Å². The third kappa shape index (κ3) is 2.89. The minimum atomic E-state index is -0.285. The van der Waals surface area contributed by atoms with Gasteiger partial charge in [-0.1, -0.05) is 19.8 Å². The molecule has 0 aromatic rings. The molecule has 0 radical (unpaired) electrons. The fraction of sp³-hybridized carbons (Fsp3) is 0.778. The van der Waals surface area contributed by atoms with Crippen molar-refractivity contribution in [2.45, 2.75) is 33.8 Å². The molecule has 0 amide bonds. The van der Waals surface area contributed by atoms with Crippen molar-refractivity contribution < 1.29 is 5.11 Å². The van der Waals surface area contributed by atoms with Crippen LogP contribution >= 0.6 is 0 Å². The van der Waals surface area contributed by atoms with E-state index in [1.54, 1.807) is 6.92 Å². The maximum atomic E-state index is 9.42. The summed E-state index contributed by atoms with van der Waals surface area (Å²) in [6.45, 7) is 7.74. The summed E-state index contributed by atoms with van der Waals surface area (Å²) in [5, 5.41) is 9.42. The van der Waals surface area contributed by atoms with E-state index in [0.717, 1.165) is 0 Å². The molecule has 0 aliphatic heterocycles. The fourth-order valence-electron chi connectivity index (χ4n) is 0.890. The Balaban J connectivity index is 3.89. The van der Waals surface area contributed by atoms with Gasteiger partial charge in [0.1, 0.15) is 0 Å². The van der Waals surface area contributed by atoms with Gasteiger partial charge in [0.2, 0.25) is 0 Å². The average Bonchev–Trinajstić information content (AvgIpc) is 1.87. The Morgan fingerprint density at radius 3 is 2.00 bits per heavy atom. The van der Waals surface area contributed by atoms with Crippen LogP contribution in [0.15, 0.2) is 0 Å². The Morgan fingerprint density at radius 1 is 1.20 bits per heavy atom. The minimum absolute atomic E-state index is 0.102. The summed E-state index contributed by atoms with van der Waals surface area (Å²) in [5.74, 6) is 6.12. The highest BCUT2D eigenvalue weighted by atomic mass is 16.3. The second-order valence-electron chi connectivity index (χ2n) is 2.92. The van der Waals surface area contributed by atoms with Gasteiger partial charge in [-0.2, -0.15) is 0 Å². The van der Waals surface area contributed by atoms with Crippen molar-refractivity contribution in [3.63, 3.8) is 0 Å². The molecule has 10 heavy (non-hydrogen) atoms. The van der Waals surface area contributed by atoms with Gasteiger partial charge in [0, 0.05) is 5.92 Å². The highest BCUT2D eigenvalue weighted by molar-refractivity contribution is 5.02. The zero-order valence-corrected chi connectivity index (χ0v) is 7.18. The minimum Gasteiger partial charge on any atom is -0.392 e. The van der Waals surface area contributed by atoms with Crippen molar-refractivity contribution in [3.8, 4) is 11.8 Å². The van der Waals surface area contributed by atoms with E-state index in [1.807, 2.05) is 20.8 Å². The van der Waals surface area contributed by atoms with E-state index in [2.05, 4.69) is 11.8 Å². The van der Waals surface area contributed by atoms with Crippen molar-refractivity contribution >= 4 is 0 Å². The molecule has 0 saturated carbocycles. The van der Waals surface area contributed by atoms with Gasteiger partial charge in [0.25, 0.3) is 0 Å². The van der Waals surface area contributed by atoms with Gasteiger partial charge in [0.15, 0.2) is 0 Å². The molecule has 0 aliphatic carbocycles. The van der Waals surface area contributed by atoms with E-state index in [0.29, 0.717) is 5.92 Å². The smallest absolute Gasteiger partial charge is 0.0697 e. The molecule has 0 unspecified atom stereocenters. The van der Waals surface area contributed by atoms with E-state index in [4.69, 9.17) is 0 Å². The van der Waals surface area contributed by atoms with Crippen LogP contribution in [0.1, 0.15) is 27.7 Å². The molecule has 0 aliphatic rings. The molecule has 0 heterocycles. The van der Waals surface area contributed by atoms with Crippen molar-refractivity contribution in [1.82, 2.24) is 0 Å². The molecule has 1 heteroatoms. The SMILES string of the molecule is CC#C[C@@H](C)[C@@H](O)C(C)C. The molecule has 2 atom stereocenters. The summed E-state index contributed by atoms with van der Waals surface area (Å²) in [5.41, 5.74) is 0. The number of aliphatic hydroxyl groups is 1. The molecule has 0 saturated heterocycles. The summed E-state index contributed by atoms with van der Waals surface area (Å²) < 4.78 is 0. The Labute approximate surface area is 63.5 Å². The lowest BCUT2D eigenvalue weighted by molar-refractivity contribution is 0.0946. The number of aliphatic hydroxyl groups excluding tert-OH is 1. The van der Waals surface area contributed by atoms with Crippen molar-refractivity contribution in [2.75, 3.05) is 0 Å². The molecule has 0 aromatic carbocycles. The lowest BCUT2D eigenvalue weighted by atomic mass is 9.95. The summed E-state index contributed by atoms with van der Waals surface area (Å²) in [6.07, 6.45) is -0.285. The molecule has 0 aromatic heterocycles. The van der Waals surface area contributed by atoms with Crippen LogP contribution in [0.4, 0.5) is 0 Å². The summed E-state index contributed by atoms with van der Waals surface area (Å²) >= 11 is 0. The molecule has 1 nitrogen and oxygen atoms in total. The standard InChI is InChI=1S/C9H16O/c1-5-6-8(4)9(10)7(2)3/h7-10H,1-4H3/t8-,9+/m1/s1. The second-order valence-corrected chi connectivity index (χ2v) is 2.92. The van der Waals surface area contributed by atoms with Crippen LogP contribution in [-0.4, -0.2) is 11.2 Å². The van der Waals surface area contributed by atoms with Gasteiger partial charge >= 0.3 is 0 Å². The Hall–Kier alpha value is -0.480. The van der Waals surface area contributed by atoms with E-state index in [-0.39, 0.29) is 12.0 Å². The van der Waals surface area contributed by atoms with E-state index in [9.17, 15) is 5.11 Å². The molecule has 0 spiro atoms. The van der Waals surface area contributed by atoms with Crippen LogP contribution in [0.2, 0.25) is 0 Å². The zero-order chi connectivity index (χ0) is 8.15. The molecule has 0 fully saturated rings. The summed E-state index contributed by atoms with van der Waals surface area (Å²) in [6, 6.07) is 0. The number of rotatable bonds is 2. The number of hydrogen-bond donors (Lipinski definition) is 1. The normalized spacial score (nSPS) is 15.8. The van der Waals surface area contributed by atoms with E-state index in [1.165, 1.54) is 0 Å². The maximum Gasteiger partial charge on any atom is 0.0697 e. The summed E-state index contributed by atoms with van der Waals surface area (Å²) in [4.78, 5) is 0. The van der Waals surface area contributed by atoms with Crippen molar-refractivity contribution in [1.29, 1.82) is 0 Å². The number of hydrogen-bond acceptors (Lipinski definition) is 1. The Morgan fingerprint density at radius 2 is 1.70 bits per heavy atom. The molecular weight excluding hydrogens is 124 g/mol. The lowest BCUT2D eigenvalue weighted by Gasteiger charge is -2.16. The largest absolute Gasteiger partial charge is 0.392 e. The monoisotopic (exact) mass is 140 g/mol. The first kappa shape index (κ1) is 9.52. The van der Waals surface area contributed by atoms with Gasteiger partial charge in [-0.05, 0) is 19.8 Å². The van der Waals surface area contributed by atoms with Crippen molar-refractivity contribution in [2.24, 2.45) is 11.8 Å². The average molecular weight is 140 g/mol. The van der Waals surface area contributed by atoms with Crippen LogP contribution in [0.3, 0.4) is 0 Å². The van der Waals surface area contributed by atoms with Gasteiger partial charge in [-0.15, -0.1) is 5.92 Å². The first-order chi connectivity index (χ1) is 4.59. The quantitative estimate of drug-likeness (QED) is 0.578. The van der Waals surface area contributed by atoms with Crippen LogP contribution in [-0.2, 0) is 0 Å².